The molecule has 0 saturated heterocycles. The topological polar surface area (TPSA) is 20.3 Å². The molecule has 0 radical (unpaired) electrons. The molecule has 3 heteroatoms. The summed E-state index contributed by atoms with van der Waals surface area (Å²) in [5.74, 6) is 0.901. The van der Waals surface area contributed by atoms with Crippen LogP contribution in [-0.2, 0) is 11.2 Å². The Balaban J connectivity index is 1.81. The summed E-state index contributed by atoms with van der Waals surface area (Å²) in [7, 11) is 1.91. The van der Waals surface area contributed by atoms with Crippen molar-refractivity contribution in [2.45, 2.75) is 31.0 Å². The number of hydrogen-bond donors (Lipinski definition) is 0. The maximum absolute atomic E-state index is 12.1. The maximum atomic E-state index is 12.1. The fraction of sp³-hybridized carbons (Fsp3) is 0.533. The van der Waals surface area contributed by atoms with Gasteiger partial charge in [0.2, 0.25) is 5.91 Å². The Bertz CT molecular complexity index is 409. The first kappa shape index (κ1) is 13.6. The van der Waals surface area contributed by atoms with Crippen LogP contribution >= 0.6 is 15.9 Å². The number of aryl methyl sites for hydroxylation is 1. The highest BCUT2D eigenvalue weighted by Gasteiger charge is 2.28. The zero-order valence-corrected chi connectivity index (χ0v) is 12.6. The molecule has 0 aromatic heterocycles. The first-order valence-corrected chi connectivity index (χ1v) is 7.39. The summed E-state index contributed by atoms with van der Waals surface area (Å²) in [6.45, 7) is 2.96. The molecule has 1 amide bonds. The van der Waals surface area contributed by atoms with Crippen LogP contribution in [-0.4, -0.2) is 29.2 Å². The van der Waals surface area contributed by atoms with E-state index in [1.807, 2.05) is 24.1 Å². The Labute approximate surface area is 117 Å². The number of benzene rings is 1. The van der Waals surface area contributed by atoms with E-state index in [1.165, 1.54) is 18.4 Å². The number of nitrogens with zero attached hydrogens (tertiary/aromatic N) is 1. The molecule has 0 aliphatic heterocycles. The van der Waals surface area contributed by atoms with Gasteiger partial charge in [-0.15, -0.1) is 0 Å². The Morgan fingerprint density at radius 2 is 1.94 bits per heavy atom. The molecule has 0 N–H and O–H groups in total. The zero-order valence-electron chi connectivity index (χ0n) is 11.0. The van der Waals surface area contributed by atoms with Gasteiger partial charge in [0.05, 0.1) is 6.42 Å². The van der Waals surface area contributed by atoms with E-state index in [-0.39, 0.29) is 5.91 Å². The highest BCUT2D eigenvalue weighted by atomic mass is 79.9. The number of carbonyl (C=O) groups is 1. The van der Waals surface area contributed by atoms with Gasteiger partial charge in [0.25, 0.3) is 0 Å². The number of alkyl halides is 1. The molecule has 98 valence electrons. The van der Waals surface area contributed by atoms with Crippen LogP contribution < -0.4 is 0 Å². The highest BCUT2D eigenvalue weighted by molar-refractivity contribution is 9.09. The molecule has 1 aromatic carbocycles. The molecule has 0 spiro atoms. The van der Waals surface area contributed by atoms with Gasteiger partial charge in [0.15, 0.2) is 0 Å². The molecular weight excluding hydrogens is 290 g/mol. The molecule has 18 heavy (non-hydrogen) atoms. The van der Waals surface area contributed by atoms with Crippen molar-refractivity contribution in [2.24, 2.45) is 5.92 Å². The van der Waals surface area contributed by atoms with Crippen LogP contribution in [0.5, 0.6) is 0 Å². The van der Waals surface area contributed by atoms with Crippen LogP contribution in [0, 0.1) is 12.8 Å². The summed E-state index contributed by atoms with van der Waals surface area (Å²) in [6.07, 6.45) is 2.91. The lowest BCUT2D eigenvalue weighted by atomic mass is 9.85. The van der Waals surface area contributed by atoms with E-state index < -0.39 is 0 Å². The number of halogens is 1. The summed E-state index contributed by atoms with van der Waals surface area (Å²) in [6, 6.07) is 8.20. The summed E-state index contributed by atoms with van der Waals surface area (Å²) >= 11 is 3.58. The van der Waals surface area contributed by atoms with Gasteiger partial charge >= 0.3 is 0 Å². The third-order valence-corrected chi connectivity index (χ3v) is 4.36. The summed E-state index contributed by atoms with van der Waals surface area (Å²) < 4.78 is 0. The van der Waals surface area contributed by atoms with E-state index in [0.717, 1.165) is 12.1 Å². The molecule has 1 aliphatic carbocycles. The lowest BCUT2D eigenvalue weighted by Gasteiger charge is -2.34. The second kappa shape index (κ2) is 5.87. The van der Waals surface area contributed by atoms with Crippen molar-refractivity contribution in [3.05, 3.63) is 35.4 Å². The summed E-state index contributed by atoms with van der Waals surface area (Å²) in [4.78, 5) is 14.6. The lowest BCUT2D eigenvalue weighted by Crippen LogP contribution is -2.38. The molecule has 0 atom stereocenters. The van der Waals surface area contributed by atoms with Gasteiger partial charge < -0.3 is 4.90 Å². The molecule has 1 saturated carbocycles. The van der Waals surface area contributed by atoms with Crippen LogP contribution in [0.25, 0.3) is 0 Å². The third-order valence-electron chi connectivity index (χ3n) is 3.61. The molecule has 2 nitrogen and oxygen atoms in total. The number of amides is 1. The third kappa shape index (κ3) is 3.58. The van der Waals surface area contributed by atoms with Crippen molar-refractivity contribution in [1.29, 1.82) is 0 Å². The van der Waals surface area contributed by atoms with Gasteiger partial charge in [-0.1, -0.05) is 45.8 Å². The Kier molecular flexibility index (Phi) is 4.44. The monoisotopic (exact) mass is 309 g/mol. The maximum Gasteiger partial charge on any atom is 0.226 e. The van der Waals surface area contributed by atoms with Gasteiger partial charge in [0, 0.05) is 18.4 Å². The van der Waals surface area contributed by atoms with E-state index in [2.05, 4.69) is 35.0 Å². The van der Waals surface area contributed by atoms with Crippen LogP contribution in [0.2, 0.25) is 0 Å². The van der Waals surface area contributed by atoms with Crippen molar-refractivity contribution >= 4 is 21.8 Å². The van der Waals surface area contributed by atoms with Crippen molar-refractivity contribution in [3.8, 4) is 0 Å². The van der Waals surface area contributed by atoms with Crippen molar-refractivity contribution < 1.29 is 4.79 Å². The molecule has 0 bridgehead atoms. The van der Waals surface area contributed by atoms with Crippen LogP contribution in [0.4, 0.5) is 0 Å². The van der Waals surface area contributed by atoms with Crippen molar-refractivity contribution in [3.63, 3.8) is 0 Å². The van der Waals surface area contributed by atoms with Gasteiger partial charge in [-0.3, -0.25) is 4.79 Å². The fourth-order valence-electron chi connectivity index (χ4n) is 2.31. The second-order valence-corrected chi connectivity index (χ2v) is 6.67. The number of likely N-dealkylation sites (N-methyl/N-ethyl adjacent to an activating group) is 1. The van der Waals surface area contributed by atoms with Crippen LogP contribution in [0.1, 0.15) is 24.0 Å². The normalized spacial score (nSPS) is 22.4. The average molecular weight is 310 g/mol. The van der Waals surface area contributed by atoms with Crippen LogP contribution in [0.3, 0.4) is 0 Å². The van der Waals surface area contributed by atoms with Crippen LogP contribution in [0.15, 0.2) is 24.3 Å². The number of rotatable bonds is 4. The minimum atomic E-state index is 0.219. The standard InChI is InChI=1S/C15H20BrNO/c1-11-3-5-12(6-4-11)9-15(18)17(2)10-13-7-14(16)8-13/h3-6,13-14H,7-10H2,1-2H3. The lowest BCUT2D eigenvalue weighted by molar-refractivity contribution is -0.130. The second-order valence-electron chi connectivity index (χ2n) is 5.37. The van der Waals surface area contributed by atoms with Gasteiger partial charge in [-0.05, 0) is 31.2 Å². The molecule has 0 heterocycles. The first-order valence-electron chi connectivity index (χ1n) is 6.48. The van der Waals surface area contributed by atoms with E-state index >= 15 is 0 Å². The predicted molar refractivity (Wildman–Crippen MR) is 78.0 cm³/mol. The summed E-state index contributed by atoms with van der Waals surface area (Å²) in [5, 5.41) is 0. The predicted octanol–water partition coefficient (Wildman–Crippen LogP) is 3.17. The van der Waals surface area contributed by atoms with E-state index in [4.69, 9.17) is 0 Å². The molecule has 2 rings (SSSR count). The van der Waals surface area contributed by atoms with Gasteiger partial charge in [0.1, 0.15) is 0 Å². The smallest absolute Gasteiger partial charge is 0.226 e. The Morgan fingerprint density at radius 1 is 1.33 bits per heavy atom. The van der Waals surface area contributed by atoms with Crippen molar-refractivity contribution in [2.75, 3.05) is 13.6 Å². The van der Waals surface area contributed by atoms with Gasteiger partial charge in [-0.25, -0.2) is 0 Å². The van der Waals surface area contributed by atoms with E-state index in [0.29, 0.717) is 17.2 Å². The minimum absolute atomic E-state index is 0.219. The zero-order chi connectivity index (χ0) is 13.1. The Hall–Kier alpha value is -0.830. The first-order chi connectivity index (χ1) is 8.54. The SMILES string of the molecule is Cc1ccc(CC(=O)N(C)CC2CC(Br)C2)cc1. The average Bonchev–Trinajstić information content (AvgIpc) is 2.30. The molecule has 1 fully saturated rings. The molecule has 0 unspecified atom stereocenters. The van der Waals surface area contributed by atoms with E-state index in [9.17, 15) is 4.79 Å². The number of hydrogen-bond acceptors (Lipinski definition) is 1. The van der Waals surface area contributed by atoms with E-state index in [1.54, 1.807) is 0 Å². The fourth-order valence-corrected chi connectivity index (χ4v) is 3.37. The molecule has 1 aromatic rings. The quantitative estimate of drug-likeness (QED) is 0.782. The largest absolute Gasteiger partial charge is 0.345 e. The molecular formula is C15H20BrNO. The molecule has 1 aliphatic rings. The highest BCUT2D eigenvalue weighted by Crippen LogP contribution is 2.33. The number of carbonyl (C=O) groups excluding carboxylic acids is 1. The van der Waals surface area contributed by atoms with Gasteiger partial charge in [-0.2, -0.15) is 0 Å². The van der Waals surface area contributed by atoms with Crippen molar-refractivity contribution in [1.82, 2.24) is 4.90 Å². The minimum Gasteiger partial charge on any atom is -0.345 e. The summed E-state index contributed by atoms with van der Waals surface area (Å²) in [5.41, 5.74) is 2.34. The Morgan fingerprint density at radius 3 is 2.50 bits per heavy atom.